The number of nitrogens with one attached hydrogen (secondary N) is 1. The van der Waals surface area contributed by atoms with Crippen molar-refractivity contribution >= 4 is 5.91 Å². The molecule has 4 rings (SSSR count). The van der Waals surface area contributed by atoms with E-state index < -0.39 is 0 Å². The minimum atomic E-state index is -0.329. The summed E-state index contributed by atoms with van der Waals surface area (Å²) in [5.41, 5.74) is 2.07. The Morgan fingerprint density at radius 1 is 1.20 bits per heavy atom. The number of ether oxygens (including phenoxy) is 1. The Balaban J connectivity index is 1.50. The molecule has 1 N–H and O–H groups in total. The Hall–Kier alpha value is -2.21. The first-order valence-electron chi connectivity index (χ1n) is 8.83. The van der Waals surface area contributed by atoms with Gasteiger partial charge < -0.3 is 9.64 Å². The lowest BCUT2D eigenvalue weighted by Gasteiger charge is -2.44. The molecule has 0 atom stereocenters. The summed E-state index contributed by atoms with van der Waals surface area (Å²) in [5, 5.41) is 6.86. The standard InChI is InChI=1S/C19H22FN3O2/c20-15-3-1-2-14(12-15)17-16(13-21-22-17)18(24)23-8-4-19(5-9-23)6-10-25-11-7-19/h1-3,12-13H,4-11H2,(H,21,22). The largest absolute Gasteiger partial charge is 0.381 e. The lowest BCUT2D eigenvalue weighted by atomic mass is 9.72. The molecule has 1 spiro atoms. The average molecular weight is 343 g/mol. The normalized spacial score (nSPS) is 20.0. The van der Waals surface area contributed by atoms with Crippen LogP contribution < -0.4 is 0 Å². The van der Waals surface area contributed by atoms with Crippen LogP contribution in [0.5, 0.6) is 0 Å². The summed E-state index contributed by atoms with van der Waals surface area (Å²) in [7, 11) is 0. The number of piperidine rings is 1. The maximum atomic E-state index is 13.5. The summed E-state index contributed by atoms with van der Waals surface area (Å²) in [6, 6.07) is 6.22. The van der Waals surface area contributed by atoms with Gasteiger partial charge in [0.2, 0.25) is 0 Å². The number of aromatic amines is 1. The van der Waals surface area contributed by atoms with E-state index in [-0.39, 0.29) is 11.7 Å². The smallest absolute Gasteiger partial charge is 0.257 e. The van der Waals surface area contributed by atoms with Gasteiger partial charge in [0.1, 0.15) is 5.82 Å². The minimum absolute atomic E-state index is 0.0325. The topological polar surface area (TPSA) is 58.2 Å². The third-order valence-electron chi connectivity index (χ3n) is 5.65. The fourth-order valence-electron chi connectivity index (χ4n) is 3.97. The molecule has 3 heterocycles. The molecule has 6 heteroatoms. The summed E-state index contributed by atoms with van der Waals surface area (Å²) in [5.74, 6) is -0.361. The molecule has 2 fully saturated rings. The van der Waals surface area contributed by atoms with Gasteiger partial charge in [0, 0.05) is 31.9 Å². The molecule has 0 saturated carbocycles. The number of nitrogens with zero attached hydrogens (tertiary/aromatic N) is 2. The molecule has 0 aliphatic carbocycles. The van der Waals surface area contributed by atoms with Crippen LogP contribution in [0.4, 0.5) is 4.39 Å². The lowest BCUT2D eigenvalue weighted by Crippen LogP contribution is -2.45. The highest BCUT2D eigenvalue weighted by atomic mass is 19.1. The van der Waals surface area contributed by atoms with E-state index in [2.05, 4.69) is 10.2 Å². The van der Waals surface area contributed by atoms with E-state index in [0.717, 1.165) is 52.0 Å². The summed E-state index contributed by atoms with van der Waals surface area (Å²) in [6.07, 6.45) is 5.77. The monoisotopic (exact) mass is 343 g/mol. The molecule has 132 valence electrons. The molecular weight excluding hydrogens is 321 g/mol. The van der Waals surface area contributed by atoms with Crippen LogP contribution in [0.15, 0.2) is 30.5 Å². The number of H-pyrrole nitrogens is 1. The Kier molecular flexibility index (Phi) is 4.29. The molecule has 5 nitrogen and oxygen atoms in total. The molecule has 2 aliphatic heterocycles. The van der Waals surface area contributed by atoms with E-state index in [1.807, 2.05) is 4.90 Å². The first-order valence-corrected chi connectivity index (χ1v) is 8.83. The number of carbonyl (C=O) groups is 1. The van der Waals surface area contributed by atoms with Crippen LogP contribution in [-0.4, -0.2) is 47.3 Å². The third-order valence-corrected chi connectivity index (χ3v) is 5.65. The summed E-state index contributed by atoms with van der Waals surface area (Å²) in [4.78, 5) is 14.9. The van der Waals surface area contributed by atoms with Crippen molar-refractivity contribution < 1.29 is 13.9 Å². The second-order valence-electron chi connectivity index (χ2n) is 7.07. The van der Waals surface area contributed by atoms with Gasteiger partial charge in [-0.05, 0) is 43.2 Å². The van der Waals surface area contributed by atoms with Crippen molar-refractivity contribution in [2.75, 3.05) is 26.3 Å². The number of halogens is 1. The Morgan fingerprint density at radius 3 is 2.68 bits per heavy atom. The van der Waals surface area contributed by atoms with E-state index in [1.165, 1.54) is 12.1 Å². The predicted molar refractivity (Wildman–Crippen MR) is 91.6 cm³/mol. The van der Waals surface area contributed by atoms with Crippen molar-refractivity contribution in [2.24, 2.45) is 5.41 Å². The van der Waals surface area contributed by atoms with Gasteiger partial charge in [0.05, 0.1) is 17.5 Å². The molecular formula is C19H22FN3O2. The van der Waals surface area contributed by atoms with Crippen molar-refractivity contribution in [1.29, 1.82) is 0 Å². The van der Waals surface area contributed by atoms with Gasteiger partial charge in [-0.25, -0.2) is 4.39 Å². The van der Waals surface area contributed by atoms with Gasteiger partial charge in [0.15, 0.2) is 0 Å². The van der Waals surface area contributed by atoms with Crippen LogP contribution in [0, 0.1) is 11.2 Å². The zero-order valence-corrected chi connectivity index (χ0v) is 14.1. The SMILES string of the molecule is O=C(c1cn[nH]c1-c1cccc(F)c1)N1CCC2(CCOCC2)CC1. The minimum Gasteiger partial charge on any atom is -0.381 e. The van der Waals surface area contributed by atoms with E-state index >= 15 is 0 Å². The van der Waals surface area contributed by atoms with Gasteiger partial charge in [-0.2, -0.15) is 5.10 Å². The second-order valence-corrected chi connectivity index (χ2v) is 7.07. The van der Waals surface area contributed by atoms with Gasteiger partial charge in [-0.1, -0.05) is 12.1 Å². The summed E-state index contributed by atoms with van der Waals surface area (Å²) in [6.45, 7) is 3.18. The van der Waals surface area contributed by atoms with Crippen LogP contribution in [-0.2, 0) is 4.74 Å². The molecule has 2 aliphatic rings. The first-order chi connectivity index (χ1) is 12.2. The van der Waals surface area contributed by atoms with Crippen molar-refractivity contribution in [1.82, 2.24) is 15.1 Å². The highest BCUT2D eigenvalue weighted by molar-refractivity contribution is 5.99. The number of aromatic nitrogens is 2. The highest BCUT2D eigenvalue weighted by Crippen LogP contribution is 2.41. The van der Waals surface area contributed by atoms with E-state index in [4.69, 9.17) is 4.74 Å². The quantitative estimate of drug-likeness (QED) is 0.911. The zero-order valence-electron chi connectivity index (χ0n) is 14.1. The van der Waals surface area contributed by atoms with Crippen LogP contribution >= 0.6 is 0 Å². The fourth-order valence-corrected chi connectivity index (χ4v) is 3.97. The Morgan fingerprint density at radius 2 is 1.96 bits per heavy atom. The van der Waals surface area contributed by atoms with Gasteiger partial charge in [0.25, 0.3) is 5.91 Å². The zero-order chi connectivity index (χ0) is 17.3. The number of likely N-dealkylation sites (tertiary alicyclic amines) is 1. The van der Waals surface area contributed by atoms with Gasteiger partial charge in [-0.3, -0.25) is 9.89 Å². The number of hydrogen-bond donors (Lipinski definition) is 1. The Labute approximate surface area is 146 Å². The molecule has 2 saturated heterocycles. The number of rotatable bonds is 2. The highest BCUT2D eigenvalue weighted by Gasteiger charge is 2.37. The Bertz CT molecular complexity index is 758. The van der Waals surface area contributed by atoms with Crippen molar-refractivity contribution in [2.45, 2.75) is 25.7 Å². The molecule has 1 aromatic heterocycles. The third kappa shape index (κ3) is 3.18. The van der Waals surface area contributed by atoms with Gasteiger partial charge in [-0.15, -0.1) is 0 Å². The molecule has 1 amide bonds. The predicted octanol–water partition coefficient (Wildman–Crippen LogP) is 3.25. The van der Waals surface area contributed by atoms with Crippen molar-refractivity contribution in [3.8, 4) is 11.3 Å². The number of amides is 1. The van der Waals surface area contributed by atoms with E-state index in [0.29, 0.717) is 22.2 Å². The molecule has 0 unspecified atom stereocenters. The maximum absolute atomic E-state index is 13.5. The maximum Gasteiger partial charge on any atom is 0.257 e. The fraction of sp³-hybridized carbons (Fsp3) is 0.474. The van der Waals surface area contributed by atoms with Crippen LogP contribution in [0.25, 0.3) is 11.3 Å². The average Bonchev–Trinajstić information content (AvgIpc) is 3.12. The summed E-state index contributed by atoms with van der Waals surface area (Å²) < 4.78 is 19.0. The molecule has 0 bridgehead atoms. The lowest BCUT2D eigenvalue weighted by molar-refractivity contribution is -0.0175. The molecule has 1 aromatic carbocycles. The molecule has 0 radical (unpaired) electrons. The van der Waals surface area contributed by atoms with Crippen LogP contribution in [0.3, 0.4) is 0 Å². The summed E-state index contributed by atoms with van der Waals surface area (Å²) >= 11 is 0. The molecule has 2 aromatic rings. The van der Waals surface area contributed by atoms with E-state index in [9.17, 15) is 9.18 Å². The number of benzene rings is 1. The van der Waals surface area contributed by atoms with Crippen LogP contribution in [0.1, 0.15) is 36.0 Å². The van der Waals surface area contributed by atoms with Crippen LogP contribution in [0.2, 0.25) is 0 Å². The first kappa shape index (κ1) is 16.3. The molecule has 25 heavy (non-hydrogen) atoms. The van der Waals surface area contributed by atoms with Crippen molar-refractivity contribution in [3.63, 3.8) is 0 Å². The number of carbonyl (C=O) groups excluding carboxylic acids is 1. The van der Waals surface area contributed by atoms with Crippen molar-refractivity contribution in [3.05, 3.63) is 41.8 Å². The van der Waals surface area contributed by atoms with E-state index in [1.54, 1.807) is 18.3 Å². The number of hydrogen-bond acceptors (Lipinski definition) is 3. The van der Waals surface area contributed by atoms with Gasteiger partial charge >= 0.3 is 0 Å². The second kappa shape index (κ2) is 6.59.